The maximum atomic E-state index is 12.4. The van der Waals surface area contributed by atoms with E-state index in [2.05, 4.69) is 39.2 Å². The predicted octanol–water partition coefficient (Wildman–Crippen LogP) is 5.14. The maximum Gasteiger partial charge on any atom is 0.255 e. The van der Waals surface area contributed by atoms with Gasteiger partial charge in [0.1, 0.15) is 17.0 Å². The van der Waals surface area contributed by atoms with Gasteiger partial charge in [-0.25, -0.2) is 9.97 Å². The molecule has 2 heterocycles. The van der Waals surface area contributed by atoms with Crippen LogP contribution in [0.15, 0.2) is 72.4 Å². The lowest BCUT2D eigenvalue weighted by atomic mass is 10.1. The number of thiophene rings is 1. The minimum atomic E-state index is -0.116. The first-order valence-corrected chi connectivity index (χ1v) is 9.89. The van der Waals surface area contributed by atoms with Gasteiger partial charge in [-0.1, -0.05) is 30.3 Å². The number of carbonyl (C=O) groups is 1. The highest BCUT2D eigenvalue weighted by Gasteiger charge is 2.17. The number of nitrogens with zero attached hydrogens (tertiary/aromatic N) is 3. The quantitative estimate of drug-likeness (QED) is 0.514. The van der Waals surface area contributed by atoms with E-state index < -0.39 is 0 Å². The van der Waals surface area contributed by atoms with Gasteiger partial charge in [-0.3, -0.25) is 4.79 Å². The molecule has 1 N–H and O–H groups in total. The van der Waals surface area contributed by atoms with E-state index in [0.717, 1.165) is 27.3 Å². The number of benzene rings is 2. The van der Waals surface area contributed by atoms with E-state index in [1.54, 1.807) is 29.8 Å². The fourth-order valence-corrected chi connectivity index (χ4v) is 3.86. The van der Waals surface area contributed by atoms with Crippen LogP contribution in [0.2, 0.25) is 0 Å². The molecule has 0 saturated carbocycles. The van der Waals surface area contributed by atoms with Gasteiger partial charge in [0.25, 0.3) is 5.91 Å². The zero-order chi connectivity index (χ0) is 19.5. The number of aromatic nitrogens is 2. The van der Waals surface area contributed by atoms with Crippen molar-refractivity contribution >= 4 is 39.0 Å². The second kappa shape index (κ2) is 7.78. The van der Waals surface area contributed by atoms with Crippen molar-refractivity contribution < 1.29 is 4.79 Å². The SMILES string of the molecule is C[C@@H](c1cccc(NC(=O)c2ccccc2)c1)N(C)c1ncnc2sccc12. The highest BCUT2D eigenvalue weighted by molar-refractivity contribution is 7.16. The Morgan fingerprint density at radius 3 is 2.71 bits per heavy atom. The molecular formula is C22H20N4OS. The smallest absolute Gasteiger partial charge is 0.255 e. The summed E-state index contributed by atoms with van der Waals surface area (Å²) in [6.45, 7) is 2.12. The normalized spacial score (nSPS) is 11.9. The van der Waals surface area contributed by atoms with Crippen molar-refractivity contribution in [3.05, 3.63) is 83.5 Å². The van der Waals surface area contributed by atoms with Gasteiger partial charge in [-0.2, -0.15) is 0 Å². The Kier molecular flexibility index (Phi) is 5.04. The third-order valence-electron chi connectivity index (χ3n) is 4.82. The van der Waals surface area contributed by atoms with Gasteiger partial charge in [-0.15, -0.1) is 11.3 Å². The second-order valence-corrected chi connectivity index (χ2v) is 7.46. The third-order valence-corrected chi connectivity index (χ3v) is 5.64. The molecule has 1 amide bonds. The number of rotatable bonds is 5. The molecule has 4 aromatic rings. The van der Waals surface area contributed by atoms with Crippen LogP contribution < -0.4 is 10.2 Å². The molecule has 0 aliphatic carbocycles. The molecule has 0 aliphatic rings. The number of fused-ring (bicyclic) bond motifs is 1. The average molecular weight is 388 g/mol. The summed E-state index contributed by atoms with van der Waals surface area (Å²) >= 11 is 1.61. The largest absolute Gasteiger partial charge is 0.352 e. The zero-order valence-corrected chi connectivity index (χ0v) is 16.5. The predicted molar refractivity (Wildman–Crippen MR) is 115 cm³/mol. The number of carbonyl (C=O) groups excluding carboxylic acids is 1. The fourth-order valence-electron chi connectivity index (χ4n) is 3.13. The number of nitrogens with one attached hydrogen (secondary N) is 1. The van der Waals surface area contributed by atoms with Crippen molar-refractivity contribution in [1.29, 1.82) is 0 Å². The third kappa shape index (κ3) is 3.59. The Bertz CT molecular complexity index is 1110. The summed E-state index contributed by atoms with van der Waals surface area (Å²) in [6.07, 6.45) is 1.61. The van der Waals surface area contributed by atoms with E-state index in [-0.39, 0.29) is 11.9 Å². The van der Waals surface area contributed by atoms with Crippen molar-refractivity contribution in [2.75, 3.05) is 17.3 Å². The molecule has 0 saturated heterocycles. The van der Waals surface area contributed by atoms with Crippen LogP contribution in [0.4, 0.5) is 11.5 Å². The standard InChI is InChI=1S/C22H20N4OS/c1-15(26(2)20-19-11-12-28-22(19)24-14-23-20)17-9-6-10-18(13-17)25-21(27)16-7-4-3-5-8-16/h3-15H,1-2H3,(H,25,27)/t15-/m0/s1. The van der Waals surface area contributed by atoms with E-state index in [0.29, 0.717) is 5.56 Å². The van der Waals surface area contributed by atoms with Crippen LogP contribution >= 0.6 is 11.3 Å². The minimum Gasteiger partial charge on any atom is -0.352 e. The van der Waals surface area contributed by atoms with Crippen LogP contribution in [0.1, 0.15) is 28.9 Å². The molecule has 4 rings (SSSR count). The Balaban J connectivity index is 1.56. The van der Waals surface area contributed by atoms with Crippen molar-refractivity contribution in [1.82, 2.24) is 9.97 Å². The first-order valence-electron chi connectivity index (χ1n) is 9.01. The first-order chi connectivity index (χ1) is 13.6. The van der Waals surface area contributed by atoms with Gasteiger partial charge >= 0.3 is 0 Å². The second-order valence-electron chi connectivity index (χ2n) is 6.57. The van der Waals surface area contributed by atoms with Gasteiger partial charge in [0.05, 0.1) is 11.4 Å². The van der Waals surface area contributed by atoms with Crippen molar-refractivity contribution in [3.63, 3.8) is 0 Å². The molecule has 5 nitrogen and oxygen atoms in total. The van der Waals surface area contributed by atoms with Crippen LogP contribution in [0.3, 0.4) is 0 Å². The summed E-state index contributed by atoms with van der Waals surface area (Å²) in [6, 6.07) is 19.3. The highest BCUT2D eigenvalue weighted by atomic mass is 32.1. The topological polar surface area (TPSA) is 58.1 Å². The van der Waals surface area contributed by atoms with Crippen molar-refractivity contribution in [3.8, 4) is 0 Å². The van der Waals surface area contributed by atoms with Crippen LogP contribution in [-0.2, 0) is 0 Å². The Morgan fingerprint density at radius 2 is 1.89 bits per heavy atom. The van der Waals surface area contributed by atoms with E-state index >= 15 is 0 Å². The zero-order valence-electron chi connectivity index (χ0n) is 15.7. The van der Waals surface area contributed by atoms with E-state index in [1.807, 2.05) is 48.8 Å². The molecule has 6 heteroatoms. The molecule has 1 atom stereocenters. The molecule has 140 valence electrons. The van der Waals surface area contributed by atoms with Crippen molar-refractivity contribution in [2.24, 2.45) is 0 Å². The van der Waals surface area contributed by atoms with Crippen LogP contribution in [0, 0.1) is 0 Å². The van der Waals surface area contributed by atoms with Crippen molar-refractivity contribution in [2.45, 2.75) is 13.0 Å². The summed E-state index contributed by atoms with van der Waals surface area (Å²) in [5.41, 5.74) is 2.50. The summed E-state index contributed by atoms with van der Waals surface area (Å²) in [5.74, 6) is 0.784. The number of hydrogen-bond donors (Lipinski definition) is 1. The lowest BCUT2D eigenvalue weighted by Gasteiger charge is -2.27. The van der Waals surface area contributed by atoms with Crippen LogP contribution in [0.25, 0.3) is 10.2 Å². The Morgan fingerprint density at radius 1 is 1.07 bits per heavy atom. The Labute approximate surface area is 167 Å². The van der Waals surface area contributed by atoms with E-state index in [9.17, 15) is 4.79 Å². The molecular weight excluding hydrogens is 368 g/mol. The summed E-state index contributed by atoms with van der Waals surface area (Å²) in [7, 11) is 2.03. The van der Waals surface area contributed by atoms with Gasteiger partial charge in [0.2, 0.25) is 0 Å². The maximum absolute atomic E-state index is 12.4. The molecule has 2 aromatic carbocycles. The lowest BCUT2D eigenvalue weighted by molar-refractivity contribution is 0.102. The highest BCUT2D eigenvalue weighted by Crippen LogP contribution is 2.31. The average Bonchev–Trinajstić information content (AvgIpc) is 3.22. The molecule has 0 fully saturated rings. The summed E-state index contributed by atoms with van der Waals surface area (Å²) in [5, 5.41) is 6.06. The van der Waals surface area contributed by atoms with Gasteiger partial charge < -0.3 is 10.2 Å². The first kappa shape index (κ1) is 18.1. The Hall–Kier alpha value is -3.25. The van der Waals surface area contributed by atoms with Gasteiger partial charge in [-0.05, 0) is 48.2 Å². The molecule has 0 unspecified atom stereocenters. The monoisotopic (exact) mass is 388 g/mol. The molecule has 0 aliphatic heterocycles. The molecule has 0 bridgehead atoms. The summed E-state index contributed by atoms with van der Waals surface area (Å²) < 4.78 is 0. The van der Waals surface area contributed by atoms with Crippen LogP contribution in [0.5, 0.6) is 0 Å². The number of anilines is 2. The molecule has 28 heavy (non-hydrogen) atoms. The minimum absolute atomic E-state index is 0.0755. The number of hydrogen-bond acceptors (Lipinski definition) is 5. The van der Waals surface area contributed by atoms with E-state index in [4.69, 9.17) is 0 Å². The molecule has 2 aromatic heterocycles. The van der Waals surface area contributed by atoms with Gasteiger partial charge in [0, 0.05) is 18.3 Å². The van der Waals surface area contributed by atoms with Crippen LogP contribution in [-0.4, -0.2) is 22.9 Å². The lowest BCUT2D eigenvalue weighted by Crippen LogP contribution is -2.23. The van der Waals surface area contributed by atoms with Gasteiger partial charge in [0.15, 0.2) is 0 Å². The fraction of sp³-hybridized carbons (Fsp3) is 0.136. The number of amides is 1. The molecule has 0 spiro atoms. The summed E-state index contributed by atoms with van der Waals surface area (Å²) in [4.78, 5) is 24.4. The molecule has 0 radical (unpaired) electrons. The van der Waals surface area contributed by atoms with E-state index in [1.165, 1.54) is 0 Å².